The second-order valence-electron chi connectivity index (χ2n) is 7.21. The number of nitrogens with one attached hydrogen (secondary N) is 2. The maximum atomic E-state index is 12.6. The molecular formula is C20H27N3O4. The van der Waals surface area contributed by atoms with Gasteiger partial charge in [0.2, 0.25) is 11.8 Å². The summed E-state index contributed by atoms with van der Waals surface area (Å²) in [6.07, 6.45) is 3.57. The van der Waals surface area contributed by atoms with E-state index in [9.17, 15) is 14.4 Å². The number of ether oxygens (including phenoxy) is 1. The van der Waals surface area contributed by atoms with Crippen LogP contribution in [0.3, 0.4) is 0 Å². The van der Waals surface area contributed by atoms with E-state index < -0.39 is 0 Å². The maximum Gasteiger partial charge on any atom is 0.253 e. The highest BCUT2D eigenvalue weighted by Gasteiger charge is 2.28. The lowest BCUT2D eigenvalue weighted by molar-refractivity contribution is -0.126. The van der Waals surface area contributed by atoms with E-state index in [1.807, 2.05) is 0 Å². The zero-order valence-corrected chi connectivity index (χ0v) is 15.7. The van der Waals surface area contributed by atoms with E-state index in [-0.39, 0.29) is 29.7 Å². The minimum Gasteiger partial charge on any atom is -0.376 e. The third-order valence-electron chi connectivity index (χ3n) is 5.13. The van der Waals surface area contributed by atoms with Crippen molar-refractivity contribution in [2.24, 2.45) is 5.92 Å². The quantitative estimate of drug-likeness (QED) is 0.824. The van der Waals surface area contributed by atoms with Crippen molar-refractivity contribution in [3.05, 3.63) is 29.8 Å². The molecule has 2 heterocycles. The van der Waals surface area contributed by atoms with Crippen molar-refractivity contribution >= 4 is 23.4 Å². The van der Waals surface area contributed by atoms with Gasteiger partial charge < -0.3 is 20.3 Å². The smallest absolute Gasteiger partial charge is 0.253 e. The van der Waals surface area contributed by atoms with Crippen LogP contribution in [0.1, 0.15) is 43.0 Å². The van der Waals surface area contributed by atoms with Gasteiger partial charge in [-0.25, -0.2) is 0 Å². The van der Waals surface area contributed by atoms with E-state index in [1.165, 1.54) is 6.92 Å². The van der Waals surface area contributed by atoms with Gasteiger partial charge in [-0.1, -0.05) is 0 Å². The molecule has 7 heteroatoms. The number of carbonyl (C=O) groups is 3. The molecule has 0 bridgehead atoms. The van der Waals surface area contributed by atoms with Crippen LogP contribution < -0.4 is 10.6 Å². The SMILES string of the molecule is CC(=O)Nc1ccc(C(=O)N2CCC(C(=O)NCC3CCCO3)CC2)cc1. The van der Waals surface area contributed by atoms with Crippen LogP contribution >= 0.6 is 0 Å². The minimum atomic E-state index is -0.145. The predicted octanol–water partition coefficient (Wildman–Crippen LogP) is 1.79. The van der Waals surface area contributed by atoms with Crippen molar-refractivity contribution in [3.8, 4) is 0 Å². The van der Waals surface area contributed by atoms with Crippen molar-refractivity contribution in [1.29, 1.82) is 0 Å². The summed E-state index contributed by atoms with van der Waals surface area (Å²) in [6.45, 7) is 3.96. The van der Waals surface area contributed by atoms with Crippen LogP contribution in [0.25, 0.3) is 0 Å². The number of hydrogen-bond acceptors (Lipinski definition) is 4. The summed E-state index contributed by atoms with van der Waals surface area (Å²) in [4.78, 5) is 37.8. The normalized spacial score (nSPS) is 20.3. The van der Waals surface area contributed by atoms with Gasteiger partial charge in [-0.2, -0.15) is 0 Å². The number of rotatable bonds is 5. The lowest BCUT2D eigenvalue weighted by atomic mass is 9.95. The molecule has 2 N–H and O–H groups in total. The number of piperidine rings is 1. The zero-order chi connectivity index (χ0) is 19.2. The van der Waals surface area contributed by atoms with Gasteiger partial charge in [-0.3, -0.25) is 14.4 Å². The molecule has 2 fully saturated rings. The van der Waals surface area contributed by atoms with Crippen LogP contribution in [-0.4, -0.2) is 55.0 Å². The molecule has 0 aliphatic carbocycles. The van der Waals surface area contributed by atoms with Gasteiger partial charge in [-0.15, -0.1) is 0 Å². The van der Waals surface area contributed by atoms with E-state index in [1.54, 1.807) is 29.2 Å². The molecule has 1 atom stereocenters. The van der Waals surface area contributed by atoms with Crippen LogP contribution in [0.4, 0.5) is 5.69 Å². The zero-order valence-electron chi connectivity index (χ0n) is 15.7. The Bertz CT molecular complexity index is 675. The summed E-state index contributed by atoms with van der Waals surface area (Å²) in [5.74, 6) is -0.161. The summed E-state index contributed by atoms with van der Waals surface area (Å²) < 4.78 is 5.53. The number of likely N-dealkylation sites (tertiary alicyclic amines) is 1. The summed E-state index contributed by atoms with van der Waals surface area (Å²) in [5.41, 5.74) is 1.26. The first-order valence-electron chi connectivity index (χ1n) is 9.59. The Morgan fingerprint density at radius 2 is 1.81 bits per heavy atom. The molecule has 146 valence electrons. The lowest BCUT2D eigenvalue weighted by Gasteiger charge is -2.31. The van der Waals surface area contributed by atoms with Gasteiger partial charge in [0, 0.05) is 50.3 Å². The van der Waals surface area contributed by atoms with Gasteiger partial charge in [0.1, 0.15) is 0 Å². The molecule has 1 aromatic rings. The molecule has 0 radical (unpaired) electrons. The van der Waals surface area contributed by atoms with Crippen molar-refractivity contribution in [2.45, 2.75) is 38.7 Å². The van der Waals surface area contributed by atoms with Crippen molar-refractivity contribution in [1.82, 2.24) is 10.2 Å². The molecule has 3 rings (SSSR count). The Morgan fingerprint density at radius 1 is 1.11 bits per heavy atom. The number of amides is 3. The second kappa shape index (κ2) is 8.99. The average Bonchev–Trinajstić information content (AvgIpc) is 3.19. The molecule has 2 saturated heterocycles. The molecule has 0 spiro atoms. The van der Waals surface area contributed by atoms with Crippen LogP contribution in [0.5, 0.6) is 0 Å². The highest BCUT2D eigenvalue weighted by molar-refractivity contribution is 5.95. The van der Waals surface area contributed by atoms with Gasteiger partial charge in [-0.05, 0) is 49.9 Å². The van der Waals surface area contributed by atoms with Crippen molar-refractivity contribution < 1.29 is 19.1 Å². The lowest BCUT2D eigenvalue weighted by Crippen LogP contribution is -2.44. The summed E-state index contributed by atoms with van der Waals surface area (Å²) >= 11 is 0. The molecule has 0 aromatic heterocycles. The van der Waals surface area contributed by atoms with Gasteiger partial charge in [0.15, 0.2) is 0 Å². The summed E-state index contributed by atoms with van der Waals surface area (Å²) in [7, 11) is 0. The van der Waals surface area contributed by atoms with Crippen LogP contribution in [0, 0.1) is 5.92 Å². The molecule has 7 nitrogen and oxygen atoms in total. The van der Waals surface area contributed by atoms with Crippen LogP contribution in [0.2, 0.25) is 0 Å². The first-order valence-corrected chi connectivity index (χ1v) is 9.59. The molecule has 0 saturated carbocycles. The van der Waals surface area contributed by atoms with Crippen molar-refractivity contribution in [3.63, 3.8) is 0 Å². The second-order valence-corrected chi connectivity index (χ2v) is 7.21. The fourth-order valence-electron chi connectivity index (χ4n) is 3.59. The first kappa shape index (κ1) is 19.4. The molecular weight excluding hydrogens is 346 g/mol. The van der Waals surface area contributed by atoms with Gasteiger partial charge in [0.25, 0.3) is 5.91 Å². The van der Waals surface area contributed by atoms with E-state index in [0.717, 1.165) is 19.4 Å². The third-order valence-corrected chi connectivity index (χ3v) is 5.13. The van der Waals surface area contributed by atoms with E-state index >= 15 is 0 Å². The van der Waals surface area contributed by atoms with Gasteiger partial charge >= 0.3 is 0 Å². The molecule has 1 unspecified atom stereocenters. The summed E-state index contributed by atoms with van der Waals surface area (Å²) in [6, 6.07) is 6.88. The predicted molar refractivity (Wildman–Crippen MR) is 101 cm³/mol. The maximum absolute atomic E-state index is 12.6. The fraction of sp³-hybridized carbons (Fsp3) is 0.550. The Hall–Kier alpha value is -2.41. The third kappa shape index (κ3) is 5.29. The Labute approximate surface area is 159 Å². The van der Waals surface area contributed by atoms with Crippen molar-refractivity contribution in [2.75, 3.05) is 31.6 Å². The monoisotopic (exact) mass is 373 g/mol. The molecule has 2 aliphatic heterocycles. The largest absolute Gasteiger partial charge is 0.376 e. The van der Waals surface area contributed by atoms with Gasteiger partial charge in [0.05, 0.1) is 6.10 Å². The number of hydrogen-bond donors (Lipinski definition) is 2. The number of anilines is 1. The standard InChI is InChI=1S/C20H27N3O4/c1-14(24)22-17-6-4-16(5-7-17)20(26)23-10-8-15(9-11-23)19(25)21-13-18-3-2-12-27-18/h4-7,15,18H,2-3,8-13H2,1H3,(H,21,25)(H,22,24). The molecule has 27 heavy (non-hydrogen) atoms. The average molecular weight is 373 g/mol. The van der Waals surface area contributed by atoms with E-state index in [4.69, 9.17) is 4.74 Å². The first-order chi connectivity index (χ1) is 13.0. The van der Waals surface area contributed by atoms with E-state index in [0.29, 0.717) is 43.7 Å². The Morgan fingerprint density at radius 3 is 2.41 bits per heavy atom. The molecule has 2 aliphatic rings. The topological polar surface area (TPSA) is 87.7 Å². The van der Waals surface area contributed by atoms with Crippen LogP contribution in [-0.2, 0) is 14.3 Å². The highest BCUT2D eigenvalue weighted by atomic mass is 16.5. The van der Waals surface area contributed by atoms with Crippen LogP contribution in [0.15, 0.2) is 24.3 Å². The fourth-order valence-corrected chi connectivity index (χ4v) is 3.59. The number of nitrogens with zero attached hydrogens (tertiary/aromatic N) is 1. The Balaban J connectivity index is 1.45. The Kier molecular flexibility index (Phi) is 6.45. The molecule has 1 aromatic carbocycles. The molecule has 3 amide bonds. The summed E-state index contributed by atoms with van der Waals surface area (Å²) in [5, 5.41) is 5.67. The van der Waals surface area contributed by atoms with E-state index in [2.05, 4.69) is 10.6 Å². The number of carbonyl (C=O) groups excluding carboxylic acids is 3. The minimum absolute atomic E-state index is 0.0393. The number of benzene rings is 1. The highest BCUT2D eigenvalue weighted by Crippen LogP contribution is 2.20.